The summed E-state index contributed by atoms with van der Waals surface area (Å²) >= 11 is 0. The fourth-order valence-electron chi connectivity index (χ4n) is 2.55. The third-order valence-corrected chi connectivity index (χ3v) is 3.83. The van der Waals surface area contributed by atoms with E-state index >= 15 is 0 Å². The van der Waals surface area contributed by atoms with Gasteiger partial charge in [-0.05, 0) is 51.7 Å². The predicted octanol–water partition coefficient (Wildman–Crippen LogP) is 3.82. The van der Waals surface area contributed by atoms with Crippen molar-refractivity contribution in [2.24, 2.45) is 10.9 Å². The fraction of sp³-hybridized carbons (Fsp3) is 0.556. The van der Waals surface area contributed by atoms with Crippen molar-refractivity contribution in [2.75, 3.05) is 19.7 Å². The lowest BCUT2D eigenvalue weighted by Crippen LogP contribution is -2.42. The molecule has 0 N–H and O–H groups in total. The van der Waals surface area contributed by atoms with Gasteiger partial charge in [-0.1, -0.05) is 0 Å². The van der Waals surface area contributed by atoms with Gasteiger partial charge in [0.25, 0.3) is 0 Å². The Bertz CT molecular complexity index is 658. The second-order valence-electron chi connectivity index (χ2n) is 7.04. The lowest BCUT2D eigenvalue weighted by Gasteiger charge is -2.33. The standard InChI is InChI=1S/C18H23FN2O4/c1-18(2,3)25-17(23)21-8-6-13(7-9-21)11-24-16-5-4-14(20-12-22)10-15(16)19/h4-5,10,13H,6-9,11H2,1-3H3. The number of hydrogen-bond acceptors (Lipinski definition) is 5. The van der Waals surface area contributed by atoms with Crippen LogP contribution < -0.4 is 4.74 Å². The lowest BCUT2D eigenvalue weighted by atomic mass is 9.98. The molecule has 1 saturated heterocycles. The van der Waals surface area contributed by atoms with Crippen molar-refractivity contribution in [3.63, 3.8) is 0 Å². The molecule has 1 aliphatic heterocycles. The topological polar surface area (TPSA) is 68.2 Å². The van der Waals surface area contributed by atoms with E-state index in [4.69, 9.17) is 9.47 Å². The van der Waals surface area contributed by atoms with Crippen LogP contribution in [0.25, 0.3) is 0 Å². The summed E-state index contributed by atoms with van der Waals surface area (Å²) in [7, 11) is 0. The largest absolute Gasteiger partial charge is 0.490 e. The molecule has 2 rings (SSSR count). The average molecular weight is 350 g/mol. The van der Waals surface area contributed by atoms with E-state index in [9.17, 15) is 14.0 Å². The molecule has 0 bridgehead atoms. The molecule has 0 spiro atoms. The molecule has 0 atom stereocenters. The Morgan fingerprint density at radius 2 is 2.04 bits per heavy atom. The van der Waals surface area contributed by atoms with E-state index in [1.54, 1.807) is 4.90 Å². The molecule has 1 aliphatic rings. The van der Waals surface area contributed by atoms with Gasteiger partial charge in [-0.2, -0.15) is 4.99 Å². The van der Waals surface area contributed by atoms with E-state index < -0.39 is 11.4 Å². The van der Waals surface area contributed by atoms with Crippen molar-refractivity contribution in [2.45, 2.75) is 39.2 Å². The zero-order valence-corrected chi connectivity index (χ0v) is 14.8. The number of likely N-dealkylation sites (tertiary alicyclic amines) is 1. The Morgan fingerprint density at radius 1 is 1.36 bits per heavy atom. The first-order chi connectivity index (χ1) is 11.8. The van der Waals surface area contributed by atoms with Crippen LogP contribution in [0.2, 0.25) is 0 Å². The molecule has 0 aromatic heterocycles. The van der Waals surface area contributed by atoms with Crippen LogP contribution in [0.4, 0.5) is 14.9 Å². The molecule has 136 valence electrons. The highest BCUT2D eigenvalue weighted by Gasteiger charge is 2.27. The van der Waals surface area contributed by atoms with E-state index in [-0.39, 0.29) is 23.4 Å². The molecule has 1 fully saturated rings. The van der Waals surface area contributed by atoms with Crippen molar-refractivity contribution in [1.82, 2.24) is 4.90 Å². The minimum absolute atomic E-state index is 0.124. The van der Waals surface area contributed by atoms with Gasteiger partial charge in [0.05, 0.1) is 12.3 Å². The zero-order chi connectivity index (χ0) is 18.4. The van der Waals surface area contributed by atoms with E-state index in [2.05, 4.69) is 4.99 Å². The number of halogens is 1. The van der Waals surface area contributed by atoms with E-state index in [0.717, 1.165) is 18.9 Å². The summed E-state index contributed by atoms with van der Waals surface area (Å²) in [4.78, 5) is 27.2. The average Bonchev–Trinajstić information content (AvgIpc) is 2.53. The Balaban J connectivity index is 1.81. The fourth-order valence-corrected chi connectivity index (χ4v) is 2.55. The van der Waals surface area contributed by atoms with Crippen LogP contribution in [-0.2, 0) is 9.53 Å². The van der Waals surface area contributed by atoms with Gasteiger partial charge in [-0.15, -0.1) is 0 Å². The molecule has 7 heteroatoms. The Hall–Kier alpha value is -2.40. The number of amides is 1. The molecule has 6 nitrogen and oxygen atoms in total. The minimum atomic E-state index is -0.567. The third kappa shape index (κ3) is 5.87. The second kappa shape index (κ2) is 8.12. The number of rotatable bonds is 4. The van der Waals surface area contributed by atoms with Gasteiger partial charge in [0.1, 0.15) is 5.60 Å². The first kappa shape index (κ1) is 18.9. The quantitative estimate of drug-likeness (QED) is 0.611. The number of carbonyl (C=O) groups is 1. The van der Waals surface area contributed by atoms with Crippen LogP contribution in [0.1, 0.15) is 33.6 Å². The monoisotopic (exact) mass is 350 g/mol. The summed E-state index contributed by atoms with van der Waals surface area (Å²) in [6.45, 7) is 7.08. The highest BCUT2D eigenvalue weighted by atomic mass is 19.1. The molecular formula is C18H23FN2O4. The van der Waals surface area contributed by atoms with Gasteiger partial charge in [-0.25, -0.2) is 14.0 Å². The molecule has 1 heterocycles. The number of piperidine rings is 1. The molecule has 0 unspecified atom stereocenters. The van der Waals surface area contributed by atoms with E-state index in [1.165, 1.54) is 18.2 Å². The molecule has 1 aromatic rings. The summed E-state index contributed by atoms with van der Waals surface area (Å²) in [5, 5.41) is 0. The van der Waals surface area contributed by atoms with Crippen LogP contribution >= 0.6 is 0 Å². The molecule has 1 amide bonds. The number of benzene rings is 1. The maximum absolute atomic E-state index is 13.9. The van der Waals surface area contributed by atoms with E-state index in [0.29, 0.717) is 19.7 Å². The summed E-state index contributed by atoms with van der Waals surface area (Å²) in [5.74, 6) is -0.201. The molecular weight excluding hydrogens is 327 g/mol. The first-order valence-electron chi connectivity index (χ1n) is 8.26. The first-order valence-corrected chi connectivity index (χ1v) is 8.26. The van der Waals surface area contributed by atoms with Gasteiger partial charge >= 0.3 is 6.09 Å². The van der Waals surface area contributed by atoms with Crippen molar-refractivity contribution in [1.29, 1.82) is 0 Å². The lowest BCUT2D eigenvalue weighted by molar-refractivity contribution is 0.0164. The van der Waals surface area contributed by atoms with Gasteiger partial charge in [0.15, 0.2) is 11.6 Å². The van der Waals surface area contributed by atoms with Crippen LogP contribution in [0.5, 0.6) is 5.75 Å². The minimum Gasteiger partial charge on any atom is -0.490 e. The van der Waals surface area contributed by atoms with Crippen molar-refractivity contribution in [3.05, 3.63) is 24.0 Å². The normalized spacial score (nSPS) is 15.4. The number of ether oxygens (including phenoxy) is 2. The van der Waals surface area contributed by atoms with Crippen LogP contribution in [0.3, 0.4) is 0 Å². The number of aliphatic imine (C=N–C) groups is 1. The van der Waals surface area contributed by atoms with E-state index in [1.807, 2.05) is 20.8 Å². The molecule has 0 saturated carbocycles. The maximum atomic E-state index is 13.9. The zero-order valence-electron chi connectivity index (χ0n) is 14.8. The summed E-state index contributed by atoms with van der Waals surface area (Å²) < 4.78 is 24.8. The van der Waals surface area contributed by atoms with Crippen molar-refractivity contribution >= 4 is 17.9 Å². The third-order valence-electron chi connectivity index (χ3n) is 3.83. The van der Waals surface area contributed by atoms with Crippen LogP contribution in [0.15, 0.2) is 23.2 Å². The van der Waals surface area contributed by atoms with Gasteiger partial charge in [0, 0.05) is 19.2 Å². The SMILES string of the molecule is CC(C)(C)OC(=O)N1CCC(COc2ccc(N=C=O)cc2F)CC1. The predicted molar refractivity (Wildman–Crippen MR) is 90.2 cm³/mol. The number of hydrogen-bond donors (Lipinski definition) is 0. The van der Waals surface area contributed by atoms with Gasteiger partial charge in [-0.3, -0.25) is 0 Å². The van der Waals surface area contributed by atoms with Gasteiger partial charge in [0.2, 0.25) is 6.08 Å². The molecule has 0 aliphatic carbocycles. The maximum Gasteiger partial charge on any atom is 0.410 e. The van der Waals surface area contributed by atoms with Crippen molar-refractivity contribution < 1.29 is 23.5 Å². The summed E-state index contributed by atoms with van der Waals surface area (Å²) in [6, 6.07) is 4.07. The van der Waals surface area contributed by atoms with Crippen molar-refractivity contribution in [3.8, 4) is 5.75 Å². The number of nitrogens with zero attached hydrogens (tertiary/aromatic N) is 2. The Labute approximate surface area is 146 Å². The van der Waals surface area contributed by atoms with Crippen LogP contribution in [0, 0.1) is 11.7 Å². The Kier molecular flexibility index (Phi) is 6.15. The smallest absolute Gasteiger partial charge is 0.410 e. The molecule has 1 aromatic carbocycles. The molecule has 25 heavy (non-hydrogen) atoms. The Morgan fingerprint density at radius 3 is 2.60 bits per heavy atom. The molecule has 0 radical (unpaired) electrons. The van der Waals surface area contributed by atoms with Gasteiger partial charge < -0.3 is 14.4 Å². The highest BCUT2D eigenvalue weighted by Crippen LogP contribution is 2.25. The summed E-state index contributed by atoms with van der Waals surface area (Å²) in [6.07, 6.45) is 2.61. The summed E-state index contributed by atoms with van der Waals surface area (Å²) in [5.41, 5.74) is -0.306. The number of isocyanates is 1. The number of carbonyl (C=O) groups excluding carboxylic acids is 2. The highest BCUT2D eigenvalue weighted by molar-refractivity contribution is 5.68. The van der Waals surface area contributed by atoms with Crippen LogP contribution in [-0.4, -0.2) is 42.4 Å². The second-order valence-corrected chi connectivity index (χ2v) is 7.04.